The second-order valence-electron chi connectivity index (χ2n) is 6.52. The van der Waals surface area contributed by atoms with Gasteiger partial charge in [0.2, 0.25) is 0 Å². The van der Waals surface area contributed by atoms with Gasteiger partial charge in [-0.25, -0.2) is 18.7 Å². The summed E-state index contributed by atoms with van der Waals surface area (Å²) in [5, 5.41) is 16.7. The minimum Gasteiger partial charge on any atom is -0.462 e. The van der Waals surface area contributed by atoms with E-state index in [4.69, 9.17) is 4.74 Å². The van der Waals surface area contributed by atoms with Crippen molar-refractivity contribution in [2.75, 3.05) is 18.5 Å². The number of rotatable bonds is 8. The van der Waals surface area contributed by atoms with Crippen molar-refractivity contribution >= 4 is 29.2 Å². The molecule has 2 N–H and O–H groups in total. The predicted molar refractivity (Wildman–Crippen MR) is 110 cm³/mol. The van der Waals surface area contributed by atoms with Gasteiger partial charge in [0.15, 0.2) is 5.65 Å². The SMILES string of the molecule is CCOC(=O)c1cnn2ccc(NC(C)c3cc(F)ccc3SC(C)CO)nc12. The molecule has 0 bridgehead atoms. The zero-order valence-corrected chi connectivity index (χ0v) is 17.2. The van der Waals surface area contributed by atoms with Crippen LogP contribution in [0.5, 0.6) is 0 Å². The average molecular weight is 418 g/mol. The van der Waals surface area contributed by atoms with Gasteiger partial charge in [-0.2, -0.15) is 5.10 Å². The Morgan fingerprint density at radius 1 is 1.38 bits per heavy atom. The lowest BCUT2D eigenvalue weighted by Gasteiger charge is -2.20. The van der Waals surface area contributed by atoms with Gasteiger partial charge in [0.1, 0.15) is 17.2 Å². The number of benzene rings is 1. The van der Waals surface area contributed by atoms with Gasteiger partial charge in [-0.15, -0.1) is 11.8 Å². The quantitative estimate of drug-likeness (QED) is 0.426. The predicted octanol–water partition coefficient (Wildman–Crippen LogP) is 3.69. The zero-order valence-electron chi connectivity index (χ0n) is 16.4. The lowest BCUT2D eigenvalue weighted by atomic mass is 10.1. The maximum atomic E-state index is 13.9. The van der Waals surface area contributed by atoms with Crippen LogP contribution in [0.2, 0.25) is 0 Å². The summed E-state index contributed by atoms with van der Waals surface area (Å²) >= 11 is 1.48. The summed E-state index contributed by atoms with van der Waals surface area (Å²) in [6.45, 7) is 5.83. The number of anilines is 1. The lowest BCUT2D eigenvalue weighted by Crippen LogP contribution is -2.12. The van der Waals surface area contributed by atoms with Crippen molar-refractivity contribution in [3.63, 3.8) is 0 Å². The Morgan fingerprint density at radius 3 is 2.90 bits per heavy atom. The molecule has 0 saturated heterocycles. The van der Waals surface area contributed by atoms with Crippen molar-refractivity contribution < 1.29 is 19.0 Å². The van der Waals surface area contributed by atoms with Gasteiger partial charge in [-0.1, -0.05) is 6.92 Å². The first-order chi connectivity index (χ1) is 13.9. The summed E-state index contributed by atoms with van der Waals surface area (Å²) in [6, 6.07) is 6.07. The highest BCUT2D eigenvalue weighted by molar-refractivity contribution is 8.00. The van der Waals surface area contributed by atoms with E-state index in [-0.39, 0.29) is 35.9 Å². The first kappa shape index (κ1) is 21.1. The van der Waals surface area contributed by atoms with E-state index in [1.54, 1.807) is 25.3 Å². The molecule has 0 fully saturated rings. The molecular weight excluding hydrogens is 395 g/mol. The van der Waals surface area contributed by atoms with Crippen LogP contribution < -0.4 is 5.32 Å². The molecule has 0 amide bonds. The maximum Gasteiger partial charge on any atom is 0.343 e. The Morgan fingerprint density at radius 2 is 2.17 bits per heavy atom. The highest BCUT2D eigenvalue weighted by Gasteiger charge is 2.18. The zero-order chi connectivity index (χ0) is 21.0. The number of nitrogens with zero attached hydrogens (tertiary/aromatic N) is 3. The standard InChI is InChI=1S/C20H23FN4O3S/c1-4-28-20(27)16-10-22-25-8-7-18(24-19(16)25)23-13(3)15-9-14(21)5-6-17(15)29-12(2)11-26/h5-10,12-13,26H,4,11H2,1-3H3,(H,23,24). The third kappa shape index (κ3) is 4.86. The molecule has 154 valence electrons. The van der Waals surface area contributed by atoms with E-state index < -0.39 is 5.97 Å². The van der Waals surface area contributed by atoms with E-state index in [2.05, 4.69) is 15.4 Å². The molecule has 0 aliphatic carbocycles. The molecule has 3 rings (SSSR count). The van der Waals surface area contributed by atoms with Crippen LogP contribution >= 0.6 is 11.8 Å². The number of hydrogen-bond donors (Lipinski definition) is 2. The minimum atomic E-state index is -0.484. The van der Waals surface area contributed by atoms with E-state index >= 15 is 0 Å². The van der Waals surface area contributed by atoms with Gasteiger partial charge >= 0.3 is 5.97 Å². The Labute approximate surface area is 172 Å². The molecule has 0 aliphatic rings. The lowest BCUT2D eigenvalue weighted by molar-refractivity contribution is 0.0528. The van der Waals surface area contributed by atoms with Crippen molar-refractivity contribution in [2.45, 2.75) is 37.0 Å². The third-order valence-corrected chi connectivity index (χ3v) is 5.43. The maximum absolute atomic E-state index is 13.9. The summed E-state index contributed by atoms with van der Waals surface area (Å²) in [4.78, 5) is 17.4. The van der Waals surface area contributed by atoms with E-state index in [1.165, 1.54) is 34.6 Å². The molecule has 7 nitrogen and oxygen atoms in total. The van der Waals surface area contributed by atoms with Crippen LogP contribution in [-0.4, -0.2) is 44.1 Å². The Balaban J connectivity index is 1.88. The van der Waals surface area contributed by atoms with Crippen molar-refractivity contribution in [1.29, 1.82) is 0 Å². The number of aromatic nitrogens is 3. The van der Waals surface area contributed by atoms with Gasteiger partial charge in [0.25, 0.3) is 0 Å². The van der Waals surface area contributed by atoms with E-state index in [9.17, 15) is 14.3 Å². The van der Waals surface area contributed by atoms with Crippen LogP contribution in [-0.2, 0) is 4.74 Å². The molecule has 2 heterocycles. The van der Waals surface area contributed by atoms with Crippen molar-refractivity contribution in [1.82, 2.24) is 14.6 Å². The fourth-order valence-electron chi connectivity index (χ4n) is 2.82. The molecule has 2 atom stereocenters. The molecule has 1 aromatic carbocycles. The Bertz CT molecular complexity index is 1010. The van der Waals surface area contributed by atoms with Gasteiger partial charge in [0.05, 0.1) is 25.5 Å². The summed E-state index contributed by atoms with van der Waals surface area (Å²) < 4.78 is 20.4. The van der Waals surface area contributed by atoms with Gasteiger partial charge < -0.3 is 15.2 Å². The fraction of sp³-hybridized carbons (Fsp3) is 0.350. The summed E-state index contributed by atoms with van der Waals surface area (Å²) in [7, 11) is 0. The minimum absolute atomic E-state index is 0.0141. The van der Waals surface area contributed by atoms with Crippen molar-refractivity contribution in [2.24, 2.45) is 0 Å². The normalized spacial score (nSPS) is 13.3. The van der Waals surface area contributed by atoms with Crippen molar-refractivity contribution in [3.05, 3.63) is 53.6 Å². The fourth-order valence-corrected chi connectivity index (χ4v) is 3.85. The van der Waals surface area contributed by atoms with Crippen LogP contribution in [0.4, 0.5) is 10.2 Å². The number of carbonyl (C=O) groups is 1. The van der Waals surface area contributed by atoms with Crippen LogP contribution in [0.3, 0.4) is 0 Å². The summed E-state index contributed by atoms with van der Waals surface area (Å²) in [5.74, 6) is -0.299. The van der Waals surface area contributed by atoms with Crippen molar-refractivity contribution in [3.8, 4) is 0 Å². The van der Waals surface area contributed by atoms with Gasteiger partial charge in [0, 0.05) is 16.3 Å². The molecule has 0 saturated carbocycles. The first-order valence-corrected chi connectivity index (χ1v) is 10.2. The highest BCUT2D eigenvalue weighted by Crippen LogP contribution is 2.32. The second kappa shape index (κ2) is 9.23. The number of halogens is 1. The van der Waals surface area contributed by atoms with Crippen LogP contribution in [0.1, 0.15) is 42.7 Å². The first-order valence-electron chi connectivity index (χ1n) is 9.28. The number of fused-ring (bicyclic) bond motifs is 1. The molecule has 0 spiro atoms. The molecule has 2 unspecified atom stereocenters. The number of ether oxygens (including phenoxy) is 1. The van der Waals surface area contributed by atoms with Crippen LogP contribution in [0, 0.1) is 5.82 Å². The van der Waals surface area contributed by atoms with Gasteiger partial charge in [-0.05, 0) is 43.7 Å². The van der Waals surface area contributed by atoms with Crippen LogP contribution in [0.25, 0.3) is 5.65 Å². The second-order valence-corrected chi connectivity index (χ2v) is 8.00. The molecule has 9 heteroatoms. The summed E-state index contributed by atoms with van der Waals surface area (Å²) in [5.41, 5.74) is 1.42. The average Bonchev–Trinajstić information content (AvgIpc) is 3.12. The highest BCUT2D eigenvalue weighted by atomic mass is 32.2. The topological polar surface area (TPSA) is 88.8 Å². The number of esters is 1. The Hall–Kier alpha value is -2.65. The monoisotopic (exact) mass is 418 g/mol. The largest absolute Gasteiger partial charge is 0.462 e. The molecule has 3 aromatic rings. The number of aliphatic hydroxyl groups is 1. The number of aliphatic hydroxyl groups excluding tert-OH is 1. The van der Waals surface area contributed by atoms with E-state index in [0.29, 0.717) is 11.5 Å². The Kier molecular flexibility index (Phi) is 6.71. The molecule has 29 heavy (non-hydrogen) atoms. The van der Waals surface area contributed by atoms with Gasteiger partial charge in [-0.3, -0.25) is 0 Å². The number of carbonyl (C=O) groups excluding carboxylic acids is 1. The molecular formula is C20H23FN4O3S. The molecule has 2 aromatic heterocycles. The number of hydrogen-bond acceptors (Lipinski definition) is 7. The van der Waals surface area contributed by atoms with E-state index in [0.717, 1.165) is 10.5 Å². The number of nitrogens with one attached hydrogen (secondary N) is 1. The van der Waals surface area contributed by atoms with E-state index in [1.807, 2.05) is 13.8 Å². The number of thioether (sulfide) groups is 1. The summed E-state index contributed by atoms with van der Waals surface area (Å²) in [6.07, 6.45) is 3.11. The van der Waals surface area contributed by atoms with Crippen LogP contribution in [0.15, 0.2) is 41.6 Å². The molecule has 0 radical (unpaired) electrons. The third-order valence-electron chi connectivity index (χ3n) is 4.25. The molecule has 0 aliphatic heterocycles. The smallest absolute Gasteiger partial charge is 0.343 e.